The Balaban J connectivity index is 0.000000243. The molecule has 0 aliphatic carbocycles. The highest BCUT2D eigenvalue weighted by molar-refractivity contribution is 7.80. The Kier molecular flexibility index (Phi) is 20.0. The van der Waals surface area contributed by atoms with E-state index in [-0.39, 0.29) is 0 Å². The van der Waals surface area contributed by atoms with Crippen LogP contribution in [0.1, 0.15) is 89.6 Å². The minimum Gasteiger partial charge on any atom is -0.143 e. The van der Waals surface area contributed by atoms with Crippen molar-refractivity contribution in [3.8, 4) is 0 Å². The zero-order chi connectivity index (χ0) is 43.3. The van der Waals surface area contributed by atoms with Gasteiger partial charge in [0.1, 0.15) is 0 Å². The second kappa shape index (κ2) is 23.1. The van der Waals surface area contributed by atoms with E-state index in [1.807, 2.05) is 0 Å². The van der Waals surface area contributed by atoms with Crippen LogP contribution in [-0.2, 0) is 18.1 Å². The summed E-state index contributed by atoms with van der Waals surface area (Å²) >= 11 is 13.7. The first-order valence-electron chi connectivity index (χ1n) is 21.7. The monoisotopic (exact) mass is 880 g/mol. The van der Waals surface area contributed by atoms with Crippen LogP contribution in [0.3, 0.4) is 0 Å². The van der Waals surface area contributed by atoms with Crippen molar-refractivity contribution >= 4 is 72.5 Å². The van der Waals surface area contributed by atoms with E-state index < -0.39 is 24.2 Å². The molecule has 314 valence electrons. The van der Waals surface area contributed by atoms with Gasteiger partial charge < -0.3 is 0 Å². The van der Waals surface area contributed by atoms with Crippen LogP contribution in [0.25, 0.3) is 0 Å². The summed E-state index contributed by atoms with van der Waals surface area (Å²) in [6, 6.07) is 42.9. The lowest BCUT2D eigenvalue weighted by atomic mass is 10.1. The van der Waals surface area contributed by atoms with Crippen LogP contribution in [0.4, 0.5) is 0 Å². The molecular formula is C52H76S3Si3. The molecule has 0 unspecified atom stereocenters. The number of hydrogen-bond donors (Lipinski definition) is 3. The smallest absolute Gasteiger partial charge is 0.0910 e. The van der Waals surface area contributed by atoms with Gasteiger partial charge in [0, 0.05) is 22.8 Å². The van der Waals surface area contributed by atoms with Gasteiger partial charge >= 0.3 is 0 Å². The van der Waals surface area contributed by atoms with E-state index in [0.29, 0.717) is 0 Å². The van der Waals surface area contributed by atoms with Crippen molar-refractivity contribution in [1.82, 2.24) is 0 Å². The molecule has 0 aliphatic heterocycles. The van der Waals surface area contributed by atoms with Gasteiger partial charge in [0.15, 0.2) is 0 Å². The lowest BCUT2D eigenvalue weighted by molar-refractivity contribution is 0.826. The molecule has 0 aliphatic rings. The van der Waals surface area contributed by atoms with Crippen LogP contribution in [0.15, 0.2) is 112 Å². The first-order valence-corrected chi connectivity index (χ1v) is 32.6. The van der Waals surface area contributed by atoms with E-state index in [1.165, 1.54) is 111 Å². The molecule has 0 heterocycles. The molecule has 0 saturated carbocycles. The molecule has 0 N–H and O–H groups in total. The SMILES string of the molecule is CCCC[Si](CCCC)(Cc1cc(C)c(S)c(C)c1)c1ccccc1.Cc1cc(C[Si](C)(C)C)cc(C)c1S.Cc1cc(C[Si](C)(C)c2ccccc2)cc(C)c1S. The Labute approximate surface area is 375 Å². The van der Waals surface area contributed by atoms with Gasteiger partial charge in [0.05, 0.1) is 16.1 Å². The van der Waals surface area contributed by atoms with Gasteiger partial charge in [-0.15, -0.1) is 37.9 Å². The highest BCUT2D eigenvalue weighted by Gasteiger charge is 2.34. The summed E-state index contributed by atoms with van der Waals surface area (Å²) in [7, 11) is -3.94. The highest BCUT2D eigenvalue weighted by Crippen LogP contribution is 2.29. The fraction of sp³-hybridized carbons (Fsp3) is 0.423. The van der Waals surface area contributed by atoms with E-state index >= 15 is 0 Å². The second-order valence-corrected chi connectivity index (χ2v) is 34.9. The van der Waals surface area contributed by atoms with E-state index in [2.05, 4.69) is 223 Å². The van der Waals surface area contributed by atoms with Crippen molar-refractivity contribution in [1.29, 1.82) is 0 Å². The van der Waals surface area contributed by atoms with Crippen molar-refractivity contribution in [2.45, 2.75) is 159 Å². The van der Waals surface area contributed by atoms with Gasteiger partial charge in [0.2, 0.25) is 0 Å². The third kappa shape index (κ3) is 15.4. The number of unbranched alkanes of at least 4 members (excludes halogenated alkanes) is 2. The van der Waals surface area contributed by atoms with Gasteiger partial charge in [0.25, 0.3) is 0 Å². The maximum absolute atomic E-state index is 4.66. The lowest BCUT2D eigenvalue weighted by Gasteiger charge is -2.33. The van der Waals surface area contributed by atoms with Crippen molar-refractivity contribution < 1.29 is 0 Å². The molecule has 5 aromatic carbocycles. The Morgan fingerprint density at radius 2 is 0.724 bits per heavy atom. The summed E-state index contributed by atoms with van der Waals surface area (Å²) in [6.45, 7) is 29.7. The van der Waals surface area contributed by atoms with Gasteiger partial charge in [-0.25, -0.2) is 0 Å². The molecule has 0 amide bonds. The average Bonchev–Trinajstić information content (AvgIpc) is 3.16. The lowest BCUT2D eigenvalue weighted by Crippen LogP contribution is -2.50. The molecule has 6 heteroatoms. The fourth-order valence-electron chi connectivity index (χ4n) is 8.46. The molecule has 0 saturated heterocycles. The Bertz CT molecular complexity index is 1950. The summed E-state index contributed by atoms with van der Waals surface area (Å²) in [4.78, 5) is 3.42. The number of hydrogen-bond acceptors (Lipinski definition) is 3. The normalized spacial score (nSPS) is 11.7. The van der Waals surface area contributed by atoms with Crippen molar-refractivity contribution in [3.63, 3.8) is 0 Å². The first-order chi connectivity index (χ1) is 27.2. The van der Waals surface area contributed by atoms with Crippen LogP contribution in [0.2, 0.25) is 44.8 Å². The van der Waals surface area contributed by atoms with Crippen LogP contribution >= 0.6 is 37.9 Å². The molecule has 5 aromatic rings. The summed E-state index contributed by atoms with van der Waals surface area (Å²) in [6.07, 6.45) is 5.30. The quantitative estimate of drug-likeness (QED) is 0.0718. The van der Waals surface area contributed by atoms with Gasteiger partial charge in [-0.05, 0) is 104 Å². The predicted molar refractivity (Wildman–Crippen MR) is 279 cm³/mol. The van der Waals surface area contributed by atoms with Crippen LogP contribution in [0, 0.1) is 41.5 Å². The molecule has 0 aromatic heterocycles. The largest absolute Gasteiger partial charge is 0.143 e. The molecule has 0 atom stereocenters. The number of benzene rings is 5. The van der Waals surface area contributed by atoms with Gasteiger partial charge in [-0.2, -0.15) is 0 Å². The van der Waals surface area contributed by atoms with Crippen LogP contribution in [0.5, 0.6) is 0 Å². The first kappa shape index (κ1) is 50.2. The van der Waals surface area contributed by atoms with Gasteiger partial charge in [-0.1, -0.05) is 197 Å². The molecule has 0 fully saturated rings. The minimum atomic E-state index is -1.54. The zero-order valence-corrected chi connectivity index (χ0v) is 44.1. The van der Waals surface area contributed by atoms with E-state index in [4.69, 9.17) is 0 Å². The Hall–Kier alpha value is -2.20. The van der Waals surface area contributed by atoms with Crippen LogP contribution < -0.4 is 10.4 Å². The molecule has 0 bridgehead atoms. The third-order valence-corrected chi connectivity index (χ3v) is 23.6. The molecule has 0 nitrogen and oxygen atoms in total. The Morgan fingerprint density at radius 1 is 0.414 bits per heavy atom. The molecular weight excluding hydrogens is 805 g/mol. The summed E-state index contributed by atoms with van der Waals surface area (Å²) in [5.41, 5.74) is 12.3. The van der Waals surface area contributed by atoms with Gasteiger partial charge in [-0.3, -0.25) is 0 Å². The van der Waals surface area contributed by atoms with Crippen molar-refractivity contribution in [2.24, 2.45) is 0 Å². The Morgan fingerprint density at radius 3 is 1.05 bits per heavy atom. The zero-order valence-electron chi connectivity index (χ0n) is 38.4. The van der Waals surface area contributed by atoms with E-state index in [1.54, 1.807) is 5.19 Å². The van der Waals surface area contributed by atoms with E-state index in [9.17, 15) is 0 Å². The second-order valence-electron chi connectivity index (χ2n) is 18.9. The minimum absolute atomic E-state index is 0.986. The third-order valence-electron chi connectivity index (χ3n) is 11.5. The van der Waals surface area contributed by atoms with Crippen molar-refractivity contribution in [2.75, 3.05) is 0 Å². The molecule has 58 heavy (non-hydrogen) atoms. The maximum Gasteiger partial charge on any atom is 0.0910 e. The summed E-state index contributed by atoms with van der Waals surface area (Å²) in [5, 5.41) is 3.18. The topological polar surface area (TPSA) is 0 Å². The van der Waals surface area contributed by atoms with Crippen molar-refractivity contribution in [3.05, 3.63) is 147 Å². The average molecular weight is 882 g/mol. The maximum atomic E-state index is 4.66. The highest BCUT2D eigenvalue weighted by atomic mass is 32.1. The number of thiol groups is 3. The fourth-order valence-corrected chi connectivity index (χ4v) is 18.1. The standard InChI is InChI=1S/C23H34SSi.C17H22SSi.C12H20SSi/c1-5-7-14-25(15-8-6-2,22-12-10-9-11-13-22)18-21-16-19(3)23(24)20(4)17-21;1-13-10-15(11-14(2)17(13)18)12-19(3,4)16-8-6-5-7-9-16;1-9-6-11(8-14(3,4)5)7-10(2)12(9)13/h9-13,16-17,24H,5-8,14-15,18H2,1-4H3;5-11,18H,12H2,1-4H3;6-7,13H,8H2,1-5H3. The molecule has 0 radical (unpaired) electrons. The molecule has 0 spiro atoms. The summed E-state index contributed by atoms with van der Waals surface area (Å²) in [5.74, 6) is 0. The predicted octanol–water partition coefficient (Wildman–Crippen LogP) is 14.9. The number of aryl methyl sites for hydroxylation is 6. The molecule has 5 rings (SSSR count). The number of rotatable bonds is 14. The van der Waals surface area contributed by atoms with Crippen LogP contribution in [-0.4, -0.2) is 24.2 Å². The van der Waals surface area contributed by atoms with E-state index in [0.717, 1.165) is 14.7 Å². The summed E-state index contributed by atoms with van der Waals surface area (Å²) < 4.78 is 0.